The zero-order chi connectivity index (χ0) is 6.41. The van der Waals surface area contributed by atoms with E-state index >= 15 is 0 Å². The molecule has 0 heterocycles. The molecule has 0 rings (SSSR count). The van der Waals surface area contributed by atoms with Crippen LogP contribution in [0, 0.1) is 12.3 Å². The first kappa shape index (κ1) is 11.1. The van der Waals surface area contributed by atoms with Crippen molar-refractivity contribution >= 4 is 18.3 Å². The van der Waals surface area contributed by atoms with Crippen LogP contribution < -0.4 is 11.1 Å². The van der Waals surface area contributed by atoms with E-state index in [1.807, 2.05) is 0 Å². The van der Waals surface area contributed by atoms with Gasteiger partial charge in [-0.05, 0) is 0 Å². The molecule has 0 bridgehead atoms. The molecular weight excluding hydrogens is 140 g/mol. The normalized spacial score (nSPS) is 7.00. The summed E-state index contributed by atoms with van der Waals surface area (Å²) in [5, 5.41) is 2.62. The van der Waals surface area contributed by atoms with Gasteiger partial charge in [0.2, 0.25) is 5.91 Å². The lowest BCUT2D eigenvalue weighted by Gasteiger charge is -1.91. The molecule has 3 nitrogen and oxygen atoms in total. The molecule has 0 fully saturated rings. The smallest absolute Gasteiger partial charge is 0.231 e. The number of carbonyl (C=O) groups is 1. The molecule has 1 amide bonds. The summed E-state index contributed by atoms with van der Waals surface area (Å²) >= 11 is 0. The number of terminal acetylenes is 1. The van der Waals surface area contributed by atoms with E-state index in [9.17, 15) is 4.79 Å². The standard InChI is InChI=1S/C5H8N2O.ClH/c1-2-3-7-4-5(6)8;/h1,7H,3-4H2,(H2,6,8);1H. The molecule has 0 saturated carbocycles. The van der Waals surface area contributed by atoms with Crippen LogP contribution in [-0.4, -0.2) is 19.0 Å². The summed E-state index contributed by atoms with van der Waals surface area (Å²) in [6.07, 6.45) is 4.85. The molecule has 52 valence electrons. The first-order valence-corrected chi connectivity index (χ1v) is 2.20. The minimum atomic E-state index is -0.389. The van der Waals surface area contributed by atoms with Crippen LogP contribution in [0.25, 0.3) is 0 Å². The molecule has 0 aromatic carbocycles. The summed E-state index contributed by atoms with van der Waals surface area (Å²) in [7, 11) is 0. The molecule has 3 N–H and O–H groups in total. The predicted molar refractivity (Wildman–Crippen MR) is 38.1 cm³/mol. The van der Waals surface area contributed by atoms with Gasteiger partial charge in [-0.2, -0.15) is 0 Å². The summed E-state index contributed by atoms with van der Waals surface area (Å²) in [6, 6.07) is 0. The summed E-state index contributed by atoms with van der Waals surface area (Å²) in [5.41, 5.74) is 4.76. The van der Waals surface area contributed by atoms with E-state index in [4.69, 9.17) is 12.2 Å². The average molecular weight is 149 g/mol. The van der Waals surface area contributed by atoms with E-state index in [1.165, 1.54) is 0 Å². The molecule has 9 heavy (non-hydrogen) atoms. The van der Waals surface area contributed by atoms with Crippen LogP contribution in [0.5, 0.6) is 0 Å². The Labute approximate surface area is 60.4 Å². The molecule has 4 heteroatoms. The van der Waals surface area contributed by atoms with Gasteiger partial charge in [0.1, 0.15) is 0 Å². The van der Waals surface area contributed by atoms with Crippen molar-refractivity contribution < 1.29 is 4.79 Å². The second kappa shape index (κ2) is 7.28. The van der Waals surface area contributed by atoms with E-state index in [0.29, 0.717) is 6.54 Å². The number of amides is 1. The predicted octanol–water partition coefficient (Wildman–Crippen LogP) is -0.884. The van der Waals surface area contributed by atoms with Crippen molar-refractivity contribution in [2.24, 2.45) is 5.73 Å². The maximum Gasteiger partial charge on any atom is 0.231 e. The van der Waals surface area contributed by atoms with Gasteiger partial charge in [0.05, 0.1) is 13.1 Å². The van der Waals surface area contributed by atoms with Gasteiger partial charge in [-0.3, -0.25) is 10.1 Å². The topological polar surface area (TPSA) is 55.1 Å². The quantitative estimate of drug-likeness (QED) is 0.403. The van der Waals surface area contributed by atoms with Gasteiger partial charge in [-0.25, -0.2) is 0 Å². The molecule has 0 aromatic rings. The number of hydrogen-bond donors (Lipinski definition) is 2. The van der Waals surface area contributed by atoms with Crippen LogP contribution in [0.4, 0.5) is 0 Å². The molecule has 0 spiro atoms. The van der Waals surface area contributed by atoms with Crippen molar-refractivity contribution in [1.29, 1.82) is 0 Å². The fourth-order valence-corrected chi connectivity index (χ4v) is 0.258. The van der Waals surface area contributed by atoms with E-state index in [1.54, 1.807) is 0 Å². The Morgan fingerprint density at radius 1 is 1.78 bits per heavy atom. The van der Waals surface area contributed by atoms with Crippen LogP contribution in [-0.2, 0) is 4.79 Å². The van der Waals surface area contributed by atoms with Crippen molar-refractivity contribution in [3.63, 3.8) is 0 Å². The highest BCUT2D eigenvalue weighted by Gasteiger charge is 1.87. The lowest BCUT2D eigenvalue weighted by molar-refractivity contribution is -0.117. The van der Waals surface area contributed by atoms with Crippen LogP contribution in [0.15, 0.2) is 0 Å². The van der Waals surface area contributed by atoms with Crippen LogP contribution in [0.1, 0.15) is 0 Å². The summed E-state index contributed by atoms with van der Waals surface area (Å²) in [5.74, 6) is 1.92. The van der Waals surface area contributed by atoms with E-state index in [-0.39, 0.29) is 24.9 Å². The van der Waals surface area contributed by atoms with Crippen molar-refractivity contribution in [2.75, 3.05) is 13.1 Å². The first-order chi connectivity index (χ1) is 3.77. The highest BCUT2D eigenvalue weighted by molar-refractivity contribution is 5.85. The number of carbonyl (C=O) groups excluding carboxylic acids is 1. The molecule has 0 aliphatic rings. The lowest BCUT2D eigenvalue weighted by atomic mass is 10.6. The van der Waals surface area contributed by atoms with Crippen LogP contribution >= 0.6 is 12.4 Å². The van der Waals surface area contributed by atoms with E-state index in [0.717, 1.165) is 0 Å². The maximum absolute atomic E-state index is 9.97. The third-order valence-corrected chi connectivity index (χ3v) is 0.526. The highest BCUT2D eigenvalue weighted by atomic mass is 35.5. The zero-order valence-corrected chi connectivity index (χ0v) is 5.70. The molecular formula is C5H9ClN2O. The minimum absolute atomic E-state index is 0. The van der Waals surface area contributed by atoms with E-state index in [2.05, 4.69) is 11.2 Å². The molecule has 0 saturated heterocycles. The maximum atomic E-state index is 9.97. The summed E-state index contributed by atoms with van der Waals surface area (Å²) < 4.78 is 0. The van der Waals surface area contributed by atoms with Crippen molar-refractivity contribution in [2.45, 2.75) is 0 Å². The Morgan fingerprint density at radius 3 is 2.67 bits per heavy atom. The fourth-order valence-electron chi connectivity index (χ4n) is 0.258. The molecule has 0 aromatic heterocycles. The molecule has 0 aliphatic heterocycles. The number of halogens is 1. The van der Waals surface area contributed by atoms with Crippen molar-refractivity contribution in [3.05, 3.63) is 0 Å². The Kier molecular flexibility index (Phi) is 9.00. The summed E-state index contributed by atoms with van der Waals surface area (Å²) in [6.45, 7) is 0.549. The monoisotopic (exact) mass is 148 g/mol. The number of hydrogen-bond acceptors (Lipinski definition) is 2. The Hall–Kier alpha value is -0.720. The zero-order valence-electron chi connectivity index (χ0n) is 4.89. The molecule has 0 atom stereocenters. The third-order valence-electron chi connectivity index (χ3n) is 0.526. The van der Waals surface area contributed by atoms with E-state index < -0.39 is 0 Å². The highest BCUT2D eigenvalue weighted by Crippen LogP contribution is 1.53. The Bertz CT molecular complexity index is 119. The largest absolute Gasteiger partial charge is 0.369 e. The third kappa shape index (κ3) is 11.1. The average Bonchev–Trinajstić information content (AvgIpc) is 1.66. The number of nitrogens with two attached hydrogens (primary N) is 1. The van der Waals surface area contributed by atoms with Crippen LogP contribution in [0.3, 0.4) is 0 Å². The van der Waals surface area contributed by atoms with Crippen LogP contribution in [0.2, 0.25) is 0 Å². The number of rotatable bonds is 3. The Balaban J connectivity index is 0. The fraction of sp³-hybridized carbons (Fsp3) is 0.400. The van der Waals surface area contributed by atoms with Crippen molar-refractivity contribution in [3.8, 4) is 12.3 Å². The van der Waals surface area contributed by atoms with Gasteiger partial charge in [-0.15, -0.1) is 18.8 Å². The SMILES string of the molecule is C#CCNCC(N)=O.Cl. The van der Waals surface area contributed by atoms with Gasteiger partial charge in [0.25, 0.3) is 0 Å². The van der Waals surface area contributed by atoms with Gasteiger partial charge in [-0.1, -0.05) is 5.92 Å². The van der Waals surface area contributed by atoms with Gasteiger partial charge < -0.3 is 5.73 Å². The summed E-state index contributed by atoms with van der Waals surface area (Å²) in [4.78, 5) is 9.97. The second-order valence-electron chi connectivity index (χ2n) is 1.27. The second-order valence-corrected chi connectivity index (χ2v) is 1.27. The minimum Gasteiger partial charge on any atom is -0.369 e. The molecule has 0 aliphatic carbocycles. The van der Waals surface area contributed by atoms with Gasteiger partial charge in [0.15, 0.2) is 0 Å². The van der Waals surface area contributed by atoms with Crippen molar-refractivity contribution in [1.82, 2.24) is 5.32 Å². The number of primary amides is 1. The lowest BCUT2D eigenvalue weighted by Crippen LogP contribution is -2.28. The number of nitrogens with one attached hydrogen (secondary N) is 1. The molecule has 0 radical (unpaired) electrons. The molecule has 0 unspecified atom stereocenters. The van der Waals surface area contributed by atoms with Gasteiger partial charge >= 0.3 is 0 Å². The first-order valence-electron chi connectivity index (χ1n) is 2.20. The Morgan fingerprint density at radius 2 is 2.33 bits per heavy atom. The van der Waals surface area contributed by atoms with Gasteiger partial charge in [0, 0.05) is 0 Å².